The first-order valence-electron chi connectivity index (χ1n) is 6.92. The standard InChI is InChI=1S/C15H21ClN2O/c1-2-18(11-13-4-3-5-14(16)8-13)15(19)10-17-9-12-6-7-12/h3-5,8,12,17H,2,6-7,9-11H2,1H3. The summed E-state index contributed by atoms with van der Waals surface area (Å²) in [4.78, 5) is 13.9. The van der Waals surface area contributed by atoms with Crippen LogP contribution in [0.4, 0.5) is 0 Å². The molecule has 0 radical (unpaired) electrons. The van der Waals surface area contributed by atoms with Gasteiger partial charge in [0.1, 0.15) is 0 Å². The maximum absolute atomic E-state index is 12.1. The molecule has 0 bridgehead atoms. The second kappa shape index (κ2) is 6.92. The fourth-order valence-electron chi connectivity index (χ4n) is 2.05. The molecule has 1 aromatic carbocycles. The summed E-state index contributed by atoms with van der Waals surface area (Å²) in [6.07, 6.45) is 2.61. The van der Waals surface area contributed by atoms with Crippen LogP contribution < -0.4 is 5.32 Å². The third kappa shape index (κ3) is 4.84. The first-order chi connectivity index (χ1) is 9.19. The second-order valence-corrected chi connectivity index (χ2v) is 5.55. The zero-order chi connectivity index (χ0) is 13.7. The minimum atomic E-state index is 0.156. The van der Waals surface area contributed by atoms with Crippen LogP contribution in [0.2, 0.25) is 5.02 Å². The number of halogens is 1. The van der Waals surface area contributed by atoms with Crippen molar-refractivity contribution < 1.29 is 4.79 Å². The summed E-state index contributed by atoms with van der Waals surface area (Å²) in [5, 5.41) is 3.96. The molecule has 0 aliphatic heterocycles. The van der Waals surface area contributed by atoms with E-state index in [1.165, 1.54) is 12.8 Å². The lowest BCUT2D eigenvalue weighted by atomic mass is 10.2. The molecule has 19 heavy (non-hydrogen) atoms. The Morgan fingerprint density at radius 3 is 2.89 bits per heavy atom. The van der Waals surface area contributed by atoms with E-state index in [4.69, 9.17) is 11.6 Å². The number of rotatable bonds is 7. The average molecular weight is 281 g/mol. The maximum Gasteiger partial charge on any atom is 0.236 e. The SMILES string of the molecule is CCN(Cc1cccc(Cl)c1)C(=O)CNCC1CC1. The average Bonchev–Trinajstić information content (AvgIpc) is 3.20. The van der Waals surface area contributed by atoms with Gasteiger partial charge in [-0.25, -0.2) is 0 Å². The first-order valence-corrected chi connectivity index (χ1v) is 7.29. The molecule has 1 aliphatic carbocycles. The van der Waals surface area contributed by atoms with Crippen molar-refractivity contribution in [2.75, 3.05) is 19.6 Å². The molecule has 1 saturated carbocycles. The number of hydrogen-bond donors (Lipinski definition) is 1. The van der Waals surface area contributed by atoms with E-state index in [0.29, 0.717) is 18.1 Å². The summed E-state index contributed by atoms with van der Waals surface area (Å²) in [5.41, 5.74) is 1.07. The van der Waals surface area contributed by atoms with Gasteiger partial charge in [0.2, 0.25) is 5.91 Å². The van der Waals surface area contributed by atoms with Crippen molar-refractivity contribution in [3.8, 4) is 0 Å². The van der Waals surface area contributed by atoms with Gasteiger partial charge >= 0.3 is 0 Å². The molecule has 0 aromatic heterocycles. The predicted molar refractivity (Wildman–Crippen MR) is 78.1 cm³/mol. The predicted octanol–water partition coefficient (Wildman–Crippen LogP) is 2.69. The Morgan fingerprint density at radius 1 is 1.47 bits per heavy atom. The van der Waals surface area contributed by atoms with Gasteiger partial charge in [-0.1, -0.05) is 23.7 Å². The smallest absolute Gasteiger partial charge is 0.236 e. The van der Waals surface area contributed by atoms with Crippen molar-refractivity contribution in [1.82, 2.24) is 10.2 Å². The van der Waals surface area contributed by atoms with Crippen LogP contribution in [-0.4, -0.2) is 30.4 Å². The van der Waals surface area contributed by atoms with Crippen LogP contribution in [0.25, 0.3) is 0 Å². The molecule has 3 nitrogen and oxygen atoms in total. The van der Waals surface area contributed by atoms with Gasteiger partial charge in [0, 0.05) is 18.1 Å². The topological polar surface area (TPSA) is 32.3 Å². The van der Waals surface area contributed by atoms with Crippen molar-refractivity contribution >= 4 is 17.5 Å². The van der Waals surface area contributed by atoms with Crippen LogP contribution in [0.1, 0.15) is 25.3 Å². The summed E-state index contributed by atoms with van der Waals surface area (Å²) in [6.45, 7) is 4.76. The zero-order valence-electron chi connectivity index (χ0n) is 11.4. The fraction of sp³-hybridized carbons (Fsp3) is 0.533. The highest BCUT2D eigenvalue weighted by atomic mass is 35.5. The van der Waals surface area contributed by atoms with Crippen molar-refractivity contribution in [2.24, 2.45) is 5.92 Å². The molecule has 0 heterocycles. The first kappa shape index (κ1) is 14.4. The Kier molecular flexibility index (Phi) is 5.23. The minimum absolute atomic E-state index is 0.156. The van der Waals surface area contributed by atoms with E-state index in [2.05, 4.69) is 5.32 Å². The normalized spacial score (nSPS) is 14.4. The van der Waals surface area contributed by atoms with E-state index < -0.39 is 0 Å². The van der Waals surface area contributed by atoms with Gasteiger partial charge in [0.05, 0.1) is 6.54 Å². The summed E-state index contributed by atoms with van der Waals surface area (Å²) >= 11 is 5.96. The lowest BCUT2D eigenvalue weighted by Gasteiger charge is -2.21. The lowest BCUT2D eigenvalue weighted by Crippen LogP contribution is -2.38. The minimum Gasteiger partial charge on any atom is -0.338 e. The quantitative estimate of drug-likeness (QED) is 0.833. The van der Waals surface area contributed by atoms with Gasteiger partial charge < -0.3 is 10.2 Å². The van der Waals surface area contributed by atoms with Crippen LogP contribution >= 0.6 is 11.6 Å². The van der Waals surface area contributed by atoms with E-state index in [1.807, 2.05) is 36.1 Å². The number of nitrogens with one attached hydrogen (secondary N) is 1. The molecule has 104 valence electrons. The van der Waals surface area contributed by atoms with Gasteiger partial charge in [-0.15, -0.1) is 0 Å². The maximum atomic E-state index is 12.1. The molecule has 0 saturated heterocycles. The Hall–Kier alpha value is -1.06. The van der Waals surface area contributed by atoms with Crippen molar-refractivity contribution in [1.29, 1.82) is 0 Å². The number of hydrogen-bond acceptors (Lipinski definition) is 2. The van der Waals surface area contributed by atoms with Crippen LogP contribution in [0.15, 0.2) is 24.3 Å². The number of amides is 1. The van der Waals surface area contributed by atoms with Gasteiger partial charge in [-0.05, 0) is 49.9 Å². The summed E-state index contributed by atoms with van der Waals surface area (Å²) < 4.78 is 0. The largest absolute Gasteiger partial charge is 0.338 e. The van der Waals surface area contributed by atoms with Gasteiger partial charge in [-0.3, -0.25) is 4.79 Å². The second-order valence-electron chi connectivity index (χ2n) is 5.11. The molecule has 2 rings (SSSR count). The number of benzene rings is 1. The number of nitrogens with zero attached hydrogens (tertiary/aromatic N) is 1. The van der Waals surface area contributed by atoms with E-state index in [9.17, 15) is 4.79 Å². The molecular weight excluding hydrogens is 260 g/mol. The molecule has 1 aliphatic rings. The van der Waals surface area contributed by atoms with Crippen LogP contribution in [0.5, 0.6) is 0 Å². The molecule has 1 amide bonds. The zero-order valence-corrected chi connectivity index (χ0v) is 12.1. The van der Waals surface area contributed by atoms with Gasteiger partial charge in [0.25, 0.3) is 0 Å². The van der Waals surface area contributed by atoms with Crippen molar-refractivity contribution in [3.63, 3.8) is 0 Å². The van der Waals surface area contributed by atoms with Crippen LogP contribution in [0.3, 0.4) is 0 Å². The van der Waals surface area contributed by atoms with E-state index in [0.717, 1.165) is 24.6 Å². The van der Waals surface area contributed by atoms with Crippen LogP contribution in [-0.2, 0) is 11.3 Å². The molecule has 4 heteroatoms. The van der Waals surface area contributed by atoms with Crippen LogP contribution in [0, 0.1) is 5.92 Å². The molecule has 1 fully saturated rings. The summed E-state index contributed by atoms with van der Waals surface area (Å²) in [7, 11) is 0. The van der Waals surface area contributed by atoms with E-state index >= 15 is 0 Å². The molecule has 1 N–H and O–H groups in total. The molecule has 0 atom stereocenters. The highest BCUT2D eigenvalue weighted by molar-refractivity contribution is 6.30. The van der Waals surface area contributed by atoms with E-state index in [-0.39, 0.29) is 5.91 Å². The number of likely N-dealkylation sites (N-methyl/N-ethyl adjacent to an activating group) is 1. The molecular formula is C15H21ClN2O. The lowest BCUT2D eigenvalue weighted by molar-refractivity contribution is -0.130. The number of carbonyl (C=O) groups is 1. The highest BCUT2D eigenvalue weighted by Crippen LogP contribution is 2.27. The highest BCUT2D eigenvalue weighted by Gasteiger charge is 2.21. The molecule has 1 aromatic rings. The molecule has 0 unspecified atom stereocenters. The van der Waals surface area contributed by atoms with Gasteiger partial charge in [-0.2, -0.15) is 0 Å². The summed E-state index contributed by atoms with van der Waals surface area (Å²) in [6, 6.07) is 7.68. The Labute approximate surface area is 119 Å². The Bertz CT molecular complexity index is 432. The Morgan fingerprint density at radius 2 is 2.26 bits per heavy atom. The summed E-state index contributed by atoms with van der Waals surface area (Å²) in [5.74, 6) is 0.957. The third-order valence-corrected chi connectivity index (χ3v) is 3.64. The van der Waals surface area contributed by atoms with Crippen molar-refractivity contribution in [2.45, 2.75) is 26.3 Å². The fourth-order valence-corrected chi connectivity index (χ4v) is 2.26. The number of carbonyl (C=O) groups excluding carboxylic acids is 1. The van der Waals surface area contributed by atoms with E-state index in [1.54, 1.807) is 0 Å². The monoisotopic (exact) mass is 280 g/mol. The third-order valence-electron chi connectivity index (χ3n) is 3.40. The van der Waals surface area contributed by atoms with Crippen molar-refractivity contribution in [3.05, 3.63) is 34.9 Å². The molecule has 0 spiro atoms. The van der Waals surface area contributed by atoms with Gasteiger partial charge in [0.15, 0.2) is 0 Å². The Balaban J connectivity index is 1.82.